The first-order valence-electron chi connectivity index (χ1n) is 16.5. The van der Waals surface area contributed by atoms with Gasteiger partial charge in [0, 0.05) is 35.1 Å². The molecule has 2 amide bonds. The van der Waals surface area contributed by atoms with Crippen LogP contribution in [0.15, 0.2) is 95.9 Å². The Balaban J connectivity index is 1.86. The molecule has 0 heterocycles. The van der Waals surface area contributed by atoms with E-state index in [9.17, 15) is 18.0 Å². The van der Waals surface area contributed by atoms with Crippen LogP contribution >= 0.6 is 23.2 Å². The third kappa shape index (κ3) is 10.1. The minimum Gasteiger partial charge on any atom is -0.494 e. The number of amides is 2. The van der Waals surface area contributed by atoms with Crippen LogP contribution in [0.5, 0.6) is 17.2 Å². The summed E-state index contributed by atoms with van der Waals surface area (Å²) in [6, 6.07) is 23.6. The van der Waals surface area contributed by atoms with E-state index in [1.165, 1.54) is 37.3 Å². The Bertz CT molecular complexity index is 1890. The second-order valence-electron chi connectivity index (χ2n) is 11.7. The van der Waals surface area contributed by atoms with Crippen molar-refractivity contribution < 1.29 is 32.2 Å². The molecule has 0 aromatic heterocycles. The van der Waals surface area contributed by atoms with Gasteiger partial charge in [-0.1, -0.05) is 66.5 Å². The molecule has 2 unspecified atom stereocenters. The van der Waals surface area contributed by atoms with Crippen LogP contribution in [0.3, 0.4) is 0 Å². The average Bonchev–Trinajstić information content (AvgIpc) is 3.13. The SMILES string of the molecule is CCOc1ccc(N(CC(=O)N(Cc2ccc(Cl)cc2Cl)C(Cc2ccccc2)C(=O)NC(C)CC)S(=O)(=O)c2ccc(OC)c(OC)c2)cc1. The zero-order chi connectivity index (χ0) is 37.1. The summed E-state index contributed by atoms with van der Waals surface area (Å²) in [6.07, 6.45) is 0.821. The number of nitrogens with zero attached hydrogens (tertiary/aromatic N) is 2. The molecule has 13 heteroatoms. The van der Waals surface area contributed by atoms with Crippen LogP contribution in [-0.2, 0) is 32.6 Å². The third-order valence-corrected chi connectivity index (χ3v) is 10.6. The molecule has 0 aliphatic carbocycles. The number of methoxy groups -OCH3 is 2. The molecular formula is C38H43Cl2N3O7S. The summed E-state index contributed by atoms with van der Waals surface area (Å²) in [7, 11) is -1.57. The van der Waals surface area contributed by atoms with Crippen molar-refractivity contribution in [3.8, 4) is 17.2 Å². The molecule has 1 N–H and O–H groups in total. The molecule has 0 saturated heterocycles. The fourth-order valence-electron chi connectivity index (χ4n) is 5.34. The molecule has 4 rings (SSSR count). The number of carbonyl (C=O) groups excluding carboxylic acids is 2. The number of hydrogen-bond donors (Lipinski definition) is 1. The van der Waals surface area contributed by atoms with Gasteiger partial charge in [-0.15, -0.1) is 0 Å². The van der Waals surface area contributed by atoms with Crippen molar-refractivity contribution in [2.45, 2.75) is 57.1 Å². The summed E-state index contributed by atoms with van der Waals surface area (Å²) in [6.45, 7) is 5.32. The quantitative estimate of drug-likeness (QED) is 0.122. The topological polar surface area (TPSA) is 114 Å². The van der Waals surface area contributed by atoms with Crippen LogP contribution < -0.4 is 23.8 Å². The lowest BCUT2D eigenvalue weighted by Gasteiger charge is -2.34. The van der Waals surface area contributed by atoms with Gasteiger partial charge in [0.2, 0.25) is 11.8 Å². The number of benzene rings is 4. The summed E-state index contributed by atoms with van der Waals surface area (Å²) in [4.78, 5) is 30.1. The number of carbonyl (C=O) groups is 2. The fraction of sp³-hybridized carbons (Fsp3) is 0.316. The van der Waals surface area contributed by atoms with Gasteiger partial charge >= 0.3 is 0 Å². The van der Waals surface area contributed by atoms with E-state index in [-0.39, 0.29) is 41.2 Å². The first kappa shape index (κ1) is 39.3. The van der Waals surface area contributed by atoms with E-state index < -0.39 is 28.5 Å². The Morgan fingerprint density at radius 3 is 2.16 bits per heavy atom. The maximum absolute atomic E-state index is 14.8. The van der Waals surface area contributed by atoms with E-state index in [1.54, 1.807) is 42.5 Å². The molecule has 0 aliphatic rings. The van der Waals surface area contributed by atoms with Crippen molar-refractivity contribution in [1.82, 2.24) is 10.2 Å². The van der Waals surface area contributed by atoms with Crippen LogP contribution in [0.25, 0.3) is 0 Å². The van der Waals surface area contributed by atoms with Gasteiger partial charge in [0.1, 0.15) is 18.3 Å². The van der Waals surface area contributed by atoms with Gasteiger partial charge in [0.05, 0.1) is 31.4 Å². The molecule has 0 saturated carbocycles. The number of nitrogens with one attached hydrogen (secondary N) is 1. The van der Waals surface area contributed by atoms with Crippen molar-refractivity contribution in [3.05, 3.63) is 112 Å². The van der Waals surface area contributed by atoms with Gasteiger partial charge in [-0.05, 0) is 79.9 Å². The first-order valence-corrected chi connectivity index (χ1v) is 18.7. The number of hydrogen-bond acceptors (Lipinski definition) is 7. The Labute approximate surface area is 310 Å². The van der Waals surface area contributed by atoms with Crippen LogP contribution in [0.4, 0.5) is 5.69 Å². The summed E-state index contributed by atoms with van der Waals surface area (Å²) < 4.78 is 46.3. The summed E-state index contributed by atoms with van der Waals surface area (Å²) in [5.41, 5.74) is 1.54. The van der Waals surface area contributed by atoms with Crippen LogP contribution in [0.1, 0.15) is 38.3 Å². The molecule has 2 atom stereocenters. The van der Waals surface area contributed by atoms with Gasteiger partial charge in [-0.3, -0.25) is 13.9 Å². The molecule has 51 heavy (non-hydrogen) atoms. The lowest BCUT2D eigenvalue weighted by molar-refractivity contribution is -0.140. The van der Waals surface area contributed by atoms with Crippen molar-refractivity contribution in [2.75, 3.05) is 31.7 Å². The van der Waals surface area contributed by atoms with Crippen molar-refractivity contribution in [1.29, 1.82) is 0 Å². The smallest absolute Gasteiger partial charge is 0.264 e. The van der Waals surface area contributed by atoms with Crippen molar-refractivity contribution in [3.63, 3.8) is 0 Å². The second kappa shape index (κ2) is 18.2. The van der Waals surface area contributed by atoms with Crippen LogP contribution in [-0.4, -0.2) is 64.6 Å². The van der Waals surface area contributed by atoms with E-state index in [1.807, 2.05) is 51.1 Å². The molecule has 0 spiro atoms. The predicted molar refractivity (Wildman–Crippen MR) is 201 cm³/mol. The summed E-state index contributed by atoms with van der Waals surface area (Å²) >= 11 is 12.8. The van der Waals surface area contributed by atoms with Gasteiger partial charge in [0.25, 0.3) is 10.0 Å². The molecular weight excluding hydrogens is 713 g/mol. The van der Waals surface area contributed by atoms with Crippen molar-refractivity contribution in [2.24, 2.45) is 0 Å². The van der Waals surface area contributed by atoms with Crippen molar-refractivity contribution >= 4 is 50.7 Å². The zero-order valence-electron chi connectivity index (χ0n) is 29.3. The largest absolute Gasteiger partial charge is 0.494 e. The maximum Gasteiger partial charge on any atom is 0.264 e. The number of halogens is 2. The summed E-state index contributed by atoms with van der Waals surface area (Å²) in [5, 5.41) is 3.72. The highest BCUT2D eigenvalue weighted by molar-refractivity contribution is 7.92. The predicted octanol–water partition coefficient (Wildman–Crippen LogP) is 7.16. The highest BCUT2D eigenvalue weighted by atomic mass is 35.5. The minimum atomic E-state index is -4.41. The number of ether oxygens (including phenoxy) is 3. The van der Waals surface area contributed by atoms with Crippen LogP contribution in [0.2, 0.25) is 10.0 Å². The molecule has 0 fully saturated rings. The number of anilines is 1. The van der Waals surface area contributed by atoms with Gasteiger partial charge in [-0.25, -0.2) is 8.42 Å². The Hall–Kier alpha value is -4.45. The summed E-state index contributed by atoms with van der Waals surface area (Å²) in [5.74, 6) is 0.0308. The first-order chi connectivity index (χ1) is 24.4. The lowest BCUT2D eigenvalue weighted by Crippen LogP contribution is -2.54. The standard InChI is InChI=1S/C38H43Cl2N3O7S/c1-6-26(3)41-38(45)34(21-27-11-9-8-10-12-27)42(24-28-13-14-29(39)22-33(28)40)37(44)25-43(30-15-17-31(18-16-30)50-7-2)51(46,47)32-19-20-35(48-4)36(23-32)49-5/h8-20,22-23,26,34H,6-7,21,24-25H2,1-5H3,(H,41,45). The Morgan fingerprint density at radius 2 is 1.55 bits per heavy atom. The normalized spacial score (nSPS) is 12.4. The number of sulfonamides is 1. The number of rotatable bonds is 17. The van der Waals surface area contributed by atoms with E-state index >= 15 is 0 Å². The molecule has 0 radical (unpaired) electrons. The fourth-order valence-corrected chi connectivity index (χ4v) is 7.24. The van der Waals surface area contributed by atoms with Gasteiger partial charge < -0.3 is 24.4 Å². The molecule has 4 aromatic rings. The second-order valence-corrected chi connectivity index (χ2v) is 14.4. The molecule has 0 aliphatic heterocycles. The van der Waals surface area contributed by atoms with E-state index in [0.29, 0.717) is 40.1 Å². The Morgan fingerprint density at radius 1 is 0.863 bits per heavy atom. The monoisotopic (exact) mass is 755 g/mol. The highest BCUT2D eigenvalue weighted by Gasteiger charge is 2.35. The molecule has 0 bridgehead atoms. The highest BCUT2D eigenvalue weighted by Crippen LogP contribution is 2.33. The molecule has 10 nitrogen and oxygen atoms in total. The maximum atomic E-state index is 14.8. The lowest BCUT2D eigenvalue weighted by atomic mass is 10.0. The molecule has 272 valence electrons. The minimum absolute atomic E-state index is 0.103. The molecule has 4 aromatic carbocycles. The van der Waals surface area contributed by atoms with E-state index in [0.717, 1.165) is 9.87 Å². The van der Waals surface area contributed by atoms with E-state index in [2.05, 4.69) is 5.32 Å². The Kier molecular flexibility index (Phi) is 14.0. The zero-order valence-corrected chi connectivity index (χ0v) is 31.6. The van der Waals surface area contributed by atoms with Crippen LogP contribution in [0, 0.1) is 0 Å². The van der Waals surface area contributed by atoms with Gasteiger partial charge in [-0.2, -0.15) is 0 Å². The average molecular weight is 757 g/mol. The van der Waals surface area contributed by atoms with Gasteiger partial charge in [0.15, 0.2) is 11.5 Å². The van der Waals surface area contributed by atoms with E-state index in [4.69, 9.17) is 37.4 Å². The third-order valence-electron chi connectivity index (χ3n) is 8.29.